The highest BCUT2D eigenvalue weighted by atomic mass is 16.7. The molecule has 6 heteroatoms. The van der Waals surface area contributed by atoms with E-state index in [-0.39, 0.29) is 11.9 Å². The van der Waals surface area contributed by atoms with E-state index in [9.17, 15) is 9.59 Å². The molecule has 19 heavy (non-hydrogen) atoms. The molecule has 1 amide bonds. The predicted molar refractivity (Wildman–Crippen MR) is 70.5 cm³/mol. The number of hydrazine groups is 1. The lowest BCUT2D eigenvalue weighted by Gasteiger charge is -2.16. The van der Waals surface area contributed by atoms with Crippen molar-refractivity contribution in [3.63, 3.8) is 0 Å². The molecule has 0 heterocycles. The second kappa shape index (κ2) is 6.31. The number of carbonyl (C=O) groups excluding carboxylic acids is 2. The summed E-state index contributed by atoms with van der Waals surface area (Å²) in [7, 11) is 0. The standard InChI is InChI=1S/C13H19N3O3/c1-13(2,3)12(18)19-15-8-9-4-6-10(7-5-9)11(17)16-14/h4-7,15H,8,14H2,1-3H3,(H,16,17). The molecule has 0 aliphatic heterocycles. The van der Waals surface area contributed by atoms with Crippen molar-refractivity contribution in [3.05, 3.63) is 35.4 Å². The number of nitrogen functional groups attached to an aromatic ring is 1. The lowest BCUT2D eigenvalue weighted by molar-refractivity contribution is -0.161. The Balaban J connectivity index is 2.47. The second-order valence-corrected chi connectivity index (χ2v) is 5.13. The summed E-state index contributed by atoms with van der Waals surface area (Å²) in [6, 6.07) is 6.79. The molecule has 0 aliphatic rings. The summed E-state index contributed by atoms with van der Waals surface area (Å²) < 4.78 is 0. The first-order valence-electron chi connectivity index (χ1n) is 5.88. The third-order valence-electron chi connectivity index (χ3n) is 2.40. The first kappa shape index (κ1) is 15.1. The van der Waals surface area contributed by atoms with Crippen LogP contribution in [0.25, 0.3) is 0 Å². The lowest BCUT2D eigenvalue weighted by Crippen LogP contribution is -2.30. The Labute approximate surface area is 112 Å². The monoisotopic (exact) mass is 265 g/mol. The van der Waals surface area contributed by atoms with Crippen LogP contribution in [0.15, 0.2) is 24.3 Å². The quantitative estimate of drug-likeness (QED) is 0.427. The maximum Gasteiger partial charge on any atom is 0.329 e. The molecule has 0 bridgehead atoms. The molecule has 1 aromatic rings. The van der Waals surface area contributed by atoms with Gasteiger partial charge in [-0.1, -0.05) is 12.1 Å². The maximum absolute atomic E-state index is 11.5. The Hall–Kier alpha value is -1.92. The molecule has 1 aromatic carbocycles. The highest BCUT2D eigenvalue weighted by molar-refractivity contribution is 5.93. The second-order valence-electron chi connectivity index (χ2n) is 5.13. The number of nitrogens with one attached hydrogen (secondary N) is 2. The summed E-state index contributed by atoms with van der Waals surface area (Å²) in [4.78, 5) is 27.6. The van der Waals surface area contributed by atoms with Crippen LogP contribution in [0.3, 0.4) is 0 Å². The lowest BCUT2D eigenvalue weighted by atomic mass is 9.98. The molecule has 0 fully saturated rings. The van der Waals surface area contributed by atoms with Gasteiger partial charge in [0.1, 0.15) is 0 Å². The van der Waals surface area contributed by atoms with Crippen molar-refractivity contribution in [2.24, 2.45) is 11.3 Å². The minimum absolute atomic E-state index is 0.327. The van der Waals surface area contributed by atoms with Crippen molar-refractivity contribution < 1.29 is 14.4 Å². The van der Waals surface area contributed by atoms with Gasteiger partial charge in [0.15, 0.2) is 0 Å². The van der Waals surface area contributed by atoms with E-state index in [1.165, 1.54) is 0 Å². The van der Waals surface area contributed by atoms with E-state index >= 15 is 0 Å². The van der Waals surface area contributed by atoms with Crippen LogP contribution >= 0.6 is 0 Å². The molecule has 0 saturated heterocycles. The first-order valence-corrected chi connectivity index (χ1v) is 5.88. The van der Waals surface area contributed by atoms with E-state index in [0.717, 1.165) is 5.56 Å². The van der Waals surface area contributed by atoms with Crippen molar-refractivity contribution in [1.29, 1.82) is 0 Å². The van der Waals surface area contributed by atoms with Crippen LogP contribution in [0.1, 0.15) is 36.7 Å². The van der Waals surface area contributed by atoms with E-state index in [4.69, 9.17) is 10.7 Å². The molecule has 0 saturated carbocycles. The first-order chi connectivity index (χ1) is 8.84. The zero-order valence-corrected chi connectivity index (χ0v) is 11.3. The molecule has 104 valence electrons. The molecule has 4 N–H and O–H groups in total. The van der Waals surface area contributed by atoms with Gasteiger partial charge in [-0.2, -0.15) is 0 Å². The van der Waals surface area contributed by atoms with Gasteiger partial charge in [-0.25, -0.2) is 10.6 Å². The van der Waals surface area contributed by atoms with Gasteiger partial charge in [0.05, 0.1) is 12.0 Å². The molecule has 0 unspecified atom stereocenters. The Morgan fingerprint density at radius 1 is 1.21 bits per heavy atom. The maximum atomic E-state index is 11.5. The van der Waals surface area contributed by atoms with Gasteiger partial charge in [-0.05, 0) is 38.5 Å². The van der Waals surface area contributed by atoms with E-state index in [1.54, 1.807) is 45.0 Å². The Bertz CT molecular complexity index is 449. The van der Waals surface area contributed by atoms with Crippen LogP contribution in [-0.2, 0) is 16.2 Å². The number of carbonyl (C=O) groups is 2. The normalized spacial score (nSPS) is 10.9. The van der Waals surface area contributed by atoms with Crippen LogP contribution in [0, 0.1) is 5.41 Å². The van der Waals surface area contributed by atoms with Crippen LogP contribution in [-0.4, -0.2) is 11.9 Å². The van der Waals surface area contributed by atoms with Crippen molar-refractivity contribution in [3.8, 4) is 0 Å². The summed E-state index contributed by atoms with van der Waals surface area (Å²) in [5.41, 5.74) is 5.46. The minimum Gasteiger partial charge on any atom is -0.370 e. The fourth-order valence-electron chi connectivity index (χ4n) is 1.20. The average Bonchev–Trinajstić information content (AvgIpc) is 2.37. The number of benzene rings is 1. The summed E-state index contributed by atoms with van der Waals surface area (Å²) in [5, 5.41) is 0. The number of hydrogen-bond acceptors (Lipinski definition) is 5. The van der Waals surface area contributed by atoms with Gasteiger partial charge < -0.3 is 4.84 Å². The van der Waals surface area contributed by atoms with E-state index < -0.39 is 5.41 Å². The number of hydroxylamine groups is 1. The zero-order chi connectivity index (χ0) is 14.5. The summed E-state index contributed by atoms with van der Waals surface area (Å²) in [6.45, 7) is 5.69. The third kappa shape index (κ3) is 4.69. The van der Waals surface area contributed by atoms with E-state index in [1.807, 2.05) is 0 Å². The van der Waals surface area contributed by atoms with Crippen LogP contribution in [0.5, 0.6) is 0 Å². The number of hydrogen-bond donors (Lipinski definition) is 3. The number of rotatable bonds is 4. The van der Waals surface area contributed by atoms with Crippen molar-refractivity contribution in [2.45, 2.75) is 27.3 Å². The third-order valence-corrected chi connectivity index (χ3v) is 2.40. The molecule has 0 spiro atoms. The summed E-state index contributed by atoms with van der Waals surface area (Å²) >= 11 is 0. The summed E-state index contributed by atoms with van der Waals surface area (Å²) in [6.07, 6.45) is 0. The molecular weight excluding hydrogens is 246 g/mol. The van der Waals surface area contributed by atoms with Gasteiger partial charge in [0.2, 0.25) is 0 Å². The van der Waals surface area contributed by atoms with E-state index in [2.05, 4.69) is 10.9 Å². The predicted octanol–water partition coefficient (Wildman–Crippen LogP) is 0.884. The Morgan fingerprint density at radius 2 is 1.79 bits per heavy atom. The molecule has 0 aliphatic carbocycles. The molecule has 0 radical (unpaired) electrons. The molecule has 6 nitrogen and oxygen atoms in total. The fraction of sp³-hybridized carbons (Fsp3) is 0.385. The minimum atomic E-state index is -0.546. The fourth-order valence-corrected chi connectivity index (χ4v) is 1.20. The van der Waals surface area contributed by atoms with Crippen molar-refractivity contribution in [2.75, 3.05) is 0 Å². The van der Waals surface area contributed by atoms with Crippen LogP contribution in [0.2, 0.25) is 0 Å². The molecular formula is C13H19N3O3. The molecule has 0 atom stereocenters. The smallest absolute Gasteiger partial charge is 0.329 e. The van der Waals surface area contributed by atoms with E-state index in [0.29, 0.717) is 12.1 Å². The van der Waals surface area contributed by atoms with Crippen molar-refractivity contribution in [1.82, 2.24) is 10.9 Å². The average molecular weight is 265 g/mol. The van der Waals surface area contributed by atoms with Gasteiger partial charge >= 0.3 is 5.97 Å². The number of amides is 1. The highest BCUT2D eigenvalue weighted by Gasteiger charge is 2.23. The van der Waals surface area contributed by atoms with Gasteiger partial charge in [-0.3, -0.25) is 10.2 Å². The SMILES string of the molecule is CC(C)(C)C(=O)ONCc1ccc(C(=O)NN)cc1. The number of nitrogens with two attached hydrogens (primary N) is 1. The highest BCUT2D eigenvalue weighted by Crippen LogP contribution is 2.14. The molecule has 1 rings (SSSR count). The zero-order valence-electron chi connectivity index (χ0n) is 11.3. The van der Waals surface area contributed by atoms with Crippen molar-refractivity contribution >= 4 is 11.9 Å². The van der Waals surface area contributed by atoms with Crippen LogP contribution in [0.4, 0.5) is 0 Å². The van der Waals surface area contributed by atoms with Gasteiger partial charge in [-0.15, -0.1) is 5.48 Å². The largest absolute Gasteiger partial charge is 0.370 e. The van der Waals surface area contributed by atoms with Gasteiger partial charge in [0, 0.05) is 5.56 Å². The molecule has 0 aromatic heterocycles. The Morgan fingerprint density at radius 3 is 2.26 bits per heavy atom. The van der Waals surface area contributed by atoms with Gasteiger partial charge in [0.25, 0.3) is 5.91 Å². The Kier molecular flexibility index (Phi) is 5.02. The topological polar surface area (TPSA) is 93.4 Å². The van der Waals surface area contributed by atoms with Crippen LogP contribution < -0.4 is 16.7 Å². The summed E-state index contributed by atoms with van der Waals surface area (Å²) in [5.74, 6) is 4.35.